The number of hydrogen-bond donors (Lipinski definition) is 2. The van der Waals surface area contributed by atoms with Crippen molar-refractivity contribution in [3.63, 3.8) is 0 Å². The second kappa shape index (κ2) is 9.71. The lowest BCUT2D eigenvalue weighted by Crippen LogP contribution is -2.46. The Morgan fingerprint density at radius 3 is 2.73 bits per heavy atom. The third kappa shape index (κ3) is 5.06. The van der Waals surface area contributed by atoms with Crippen molar-refractivity contribution in [2.24, 2.45) is 4.99 Å². The van der Waals surface area contributed by atoms with Crippen molar-refractivity contribution in [3.8, 4) is 0 Å². The molecule has 1 aromatic carbocycles. The van der Waals surface area contributed by atoms with E-state index < -0.39 is 12.0 Å². The smallest absolute Gasteiger partial charge is 0.305 e. The number of rotatable bonds is 9. The molecule has 0 aliphatic carbocycles. The first-order chi connectivity index (χ1) is 12.5. The van der Waals surface area contributed by atoms with E-state index in [0.717, 1.165) is 40.8 Å². The molecule has 7 heteroatoms. The lowest BCUT2D eigenvalue weighted by atomic mass is 9.98. The monoisotopic (exact) mass is 423 g/mol. The number of hydrogen-bond acceptors (Lipinski definition) is 4. The van der Waals surface area contributed by atoms with Crippen molar-refractivity contribution < 1.29 is 14.7 Å². The third-order valence-corrected chi connectivity index (χ3v) is 4.79. The van der Waals surface area contributed by atoms with Gasteiger partial charge in [-0.2, -0.15) is 0 Å². The maximum Gasteiger partial charge on any atom is 0.305 e. The summed E-state index contributed by atoms with van der Waals surface area (Å²) < 4.78 is 0.870. The maximum atomic E-state index is 13.0. The summed E-state index contributed by atoms with van der Waals surface area (Å²) in [5, 5.41) is 12.1. The Bertz CT molecular complexity index is 691. The zero-order valence-electron chi connectivity index (χ0n) is 15.3. The molecule has 1 heterocycles. The largest absolute Gasteiger partial charge is 0.481 e. The summed E-state index contributed by atoms with van der Waals surface area (Å²) >= 11 is 3.47. The number of aliphatic imine (C=N–C) groups is 1. The molecular formula is C19H26BrN3O3. The number of amidine groups is 1. The first kappa shape index (κ1) is 20.4. The summed E-state index contributed by atoms with van der Waals surface area (Å²) in [5.41, 5.74) is 1.58. The molecule has 1 aromatic rings. The van der Waals surface area contributed by atoms with Crippen LogP contribution in [0.25, 0.3) is 0 Å². The molecule has 1 atom stereocenters. The molecule has 0 fully saturated rings. The van der Waals surface area contributed by atoms with Gasteiger partial charge in [-0.15, -0.1) is 0 Å². The molecule has 1 aliphatic heterocycles. The second-order valence-corrected chi connectivity index (χ2v) is 7.28. The Balaban J connectivity index is 2.41. The van der Waals surface area contributed by atoms with E-state index in [2.05, 4.69) is 28.2 Å². The Labute approximate surface area is 162 Å². The summed E-state index contributed by atoms with van der Waals surface area (Å²) in [7, 11) is 0. The SMILES string of the molecule is CCCCNC(=O)C1c2cc(Br)ccc2N=C(CCC)N1CCC(=O)O. The van der Waals surface area contributed by atoms with E-state index in [0.29, 0.717) is 13.0 Å². The number of carbonyl (C=O) groups is 2. The number of carboxylic acids is 1. The fourth-order valence-corrected chi connectivity index (χ4v) is 3.41. The number of unbranched alkanes of at least 4 members (excludes halogenated alkanes) is 1. The number of nitrogens with zero attached hydrogens (tertiary/aromatic N) is 2. The topological polar surface area (TPSA) is 82.0 Å². The highest BCUT2D eigenvalue weighted by atomic mass is 79.9. The lowest BCUT2D eigenvalue weighted by molar-refractivity contribution is -0.137. The van der Waals surface area contributed by atoms with Crippen molar-refractivity contribution in [3.05, 3.63) is 28.2 Å². The van der Waals surface area contributed by atoms with Crippen LogP contribution in [0, 0.1) is 0 Å². The minimum atomic E-state index is -0.883. The van der Waals surface area contributed by atoms with Crippen LogP contribution in [0.3, 0.4) is 0 Å². The second-order valence-electron chi connectivity index (χ2n) is 6.37. The fourth-order valence-electron chi connectivity index (χ4n) is 3.03. The van der Waals surface area contributed by atoms with Gasteiger partial charge in [-0.3, -0.25) is 9.59 Å². The predicted molar refractivity (Wildman–Crippen MR) is 106 cm³/mol. The minimum absolute atomic E-state index is 0.0369. The van der Waals surface area contributed by atoms with Crippen LogP contribution in [0.4, 0.5) is 5.69 Å². The van der Waals surface area contributed by atoms with E-state index >= 15 is 0 Å². The average molecular weight is 424 g/mol. The summed E-state index contributed by atoms with van der Waals surface area (Å²) in [6, 6.07) is 5.15. The van der Waals surface area contributed by atoms with E-state index in [9.17, 15) is 9.59 Å². The Kier molecular flexibility index (Phi) is 7.63. The number of aliphatic carboxylic acids is 1. The van der Waals surface area contributed by atoms with Gasteiger partial charge in [-0.1, -0.05) is 36.2 Å². The number of amides is 1. The summed E-state index contributed by atoms with van der Waals surface area (Å²) in [5.74, 6) is -0.211. The van der Waals surface area contributed by atoms with E-state index in [-0.39, 0.29) is 18.9 Å². The van der Waals surface area contributed by atoms with Crippen molar-refractivity contribution in [2.45, 2.75) is 52.0 Å². The molecule has 0 saturated carbocycles. The molecule has 6 nitrogen and oxygen atoms in total. The Morgan fingerprint density at radius 1 is 1.31 bits per heavy atom. The summed E-state index contributed by atoms with van der Waals surface area (Å²) in [6.07, 6.45) is 3.45. The van der Waals surface area contributed by atoms with Gasteiger partial charge in [0, 0.05) is 29.5 Å². The Hall–Kier alpha value is -1.89. The first-order valence-electron chi connectivity index (χ1n) is 9.11. The molecule has 0 radical (unpaired) electrons. The predicted octanol–water partition coefficient (Wildman–Crippen LogP) is 4.03. The Morgan fingerprint density at radius 2 is 2.08 bits per heavy atom. The normalized spacial score (nSPS) is 16.0. The van der Waals surface area contributed by atoms with E-state index in [4.69, 9.17) is 10.1 Å². The fraction of sp³-hybridized carbons (Fsp3) is 0.526. The molecule has 2 rings (SSSR count). The number of benzene rings is 1. The third-order valence-electron chi connectivity index (χ3n) is 4.29. The van der Waals surface area contributed by atoms with Crippen LogP contribution in [-0.4, -0.2) is 40.8 Å². The van der Waals surface area contributed by atoms with Crippen LogP contribution >= 0.6 is 15.9 Å². The van der Waals surface area contributed by atoms with Gasteiger partial charge in [0.2, 0.25) is 5.91 Å². The van der Waals surface area contributed by atoms with Gasteiger partial charge in [0.1, 0.15) is 11.9 Å². The van der Waals surface area contributed by atoms with E-state index in [1.165, 1.54) is 0 Å². The van der Waals surface area contributed by atoms with Gasteiger partial charge in [-0.25, -0.2) is 4.99 Å². The van der Waals surface area contributed by atoms with Crippen molar-refractivity contribution in [1.82, 2.24) is 10.2 Å². The molecule has 1 unspecified atom stereocenters. The number of nitrogens with one attached hydrogen (secondary N) is 1. The maximum absolute atomic E-state index is 13.0. The molecule has 26 heavy (non-hydrogen) atoms. The molecule has 142 valence electrons. The van der Waals surface area contributed by atoms with Gasteiger partial charge < -0.3 is 15.3 Å². The summed E-state index contributed by atoms with van der Waals surface area (Å²) in [4.78, 5) is 30.7. The van der Waals surface area contributed by atoms with Gasteiger partial charge >= 0.3 is 5.97 Å². The zero-order valence-corrected chi connectivity index (χ0v) is 16.9. The van der Waals surface area contributed by atoms with Crippen LogP contribution in [0.5, 0.6) is 0 Å². The molecule has 2 N–H and O–H groups in total. The van der Waals surface area contributed by atoms with Gasteiger partial charge in [0.25, 0.3) is 0 Å². The average Bonchev–Trinajstić information content (AvgIpc) is 2.60. The molecule has 1 aliphatic rings. The van der Waals surface area contributed by atoms with Crippen LogP contribution in [0.15, 0.2) is 27.7 Å². The first-order valence-corrected chi connectivity index (χ1v) is 9.90. The van der Waals surface area contributed by atoms with Gasteiger partial charge in [0.05, 0.1) is 12.1 Å². The molecule has 0 spiro atoms. The highest BCUT2D eigenvalue weighted by molar-refractivity contribution is 9.10. The zero-order chi connectivity index (χ0) is 19.1. The lowest BCUT2D eigenvalue weighted by Gasteiger charge is -2.37. The van der Waals surface area contributed by atoms with Crippen LogP contribution < -0.4 is 5.32 Å². The van der Waals surface area contributed by atoms with Crippen molar-refractivity contribution in [1.29, 1.82) is 0 Å². The highest BCUT2D eigenvalue weighted by Crippen LogP contribution is 2.37. The quantitative estimate of drug-likeness (QED) is 0.587. The molecule has 1 amide bonds. The van der Waals surface area contributed by atoms with Crippen LogP contribution in [-0.2, 0) is 9.59 Å². The van der Waals surface area contributed by atoms with Crippen molar-refractivity contribution in [2.75, 3.05) is 13.1 Å². The van der Waals surface area contributed by atoms with E-state index in [1.54, 1.807) is 0 Å². The molecule has 0 aromatic heterocycles. The van der Waals surface area contributed by atoms with E-state index in [1.807, 2.05) is 30.0 Å². The highest BCUT2D eigenvalue weighted by Gasteiger charge is 2.35. The molecular weight excluding hydrogens is 398 g/mol. The molecule has 0 saturated heterocycles. The van der Waals surface area contributed by atoms with Crippen LogP contribution in [0.2, 0.25) is 0 Å². The number of halogens is 1. The van der Waals surface area contributed by atoms with Gasteiger partial charge in [0.15, 0.2) is 0 Å². The number of carboxylic acid groups (broad SMARTS) is 1. The van der Waals surface area contributed by atoms with Crippen LogP contribution in [0.1, 0.15) is 57.6 Å². The number of fused-ring (bicyclic) bond motifs is 1. The standard InChI is InChI=1S/C19H26BrN3O3/c1-3-5-10-21-19(26)18-14-12-13(20)7-8-15(14)22-16(6-4-2)23(18)11-9-17(24)25/h7-8,12,18H,3-6,9-11H2,1-2H3,(H,21,26)(H,24,25). The summed E-state index contributed by atoms with van der Waals surface area (Å²) in [6.45, 7) is 4.99. The molecule has 0 bridgehead atoms. The van der Waals surface area contributed by atoms with Gasteiger partial charge in [-0.05, 0) is 31.0 Å². The van der Waals surface area contributed by atoms with Crippen molar-refractivity contribution >= 4 is 39.3 Å². The number of carbonyl (C=O) groups excluding carboxylic acids is 1. The minimum Gasteiger partial charge on any atom is -0.481 e.